The van der Waals surface area contributed by atoms with E-state index in [0.29, 0.717) is 10.8 Å². The molecule has 4 rings (SSSR count). The smallest absolute Gasteiger partial charge is 0.293 e. The van der Waals surface area contributed by atoms with Gasteiger partial charge < -0.3 is 9.32 Å². The van der Waals surface area contributed by atoms with E-state index in [1.54, 1.807) is 12.1 Å². The molecule has 27 heavy (non-hydrogen) atoms. The zero-order chi connectivity index (χ0) is 18.6. The van der Waals surface area contributed by atoms with Crippen LogP contribution in [0, 0.1) is 0 Å². The number of rotatable bonds is 5. The Kier molecular flexibility index (Phi) is 5.02. The summed E-state index contributed by atoms with van der Waals surface area (Å²) in [5, 5.41) is 4.96. The van der Waals surface area contributed by atoms with Crippen LogP contribution in [0.25, 0.3) is 0 Å². The number of thiazole rings is 1. The van der Waals surface area contributed by atoms with E-state index in [1.807, 2.05) is 28.5 Å². The summed E-state index contributed by atoms with van der Waals surface area (Å²) >= 11 is 1.30. The number of hydrogen-bond donors (Lipinski definition) is 1. The molecule has 138 valence electrons. The first kappa shape index (κ1) is 17.5. The predicted octanol–water partition coefficient (Wildman–Crippen LogP) is 3.89. The van der Waals surface area contributed by atoms with Gasteiger partial charge in [-0.1, -0.05) is 30.3 Å². The molecule has 1 atom stereocenters. The van der Waals surface area contributed by atoms with Crippen molar-refractivity contribution in [3.63, 3.8) is 0 Å². The van der Waals surface area contributed by atoms with Gasteiger partial charge in [0, 0.05) is 11.9 Å². The van der Waals surface area contributed by atoms with Gasteiger partial charge in [0.25, 0.3) is 5.91 Å². The first-order valence-electron chi connectivity index (χ1n) is 8.84. The van der Waals surface area contributed by atoms with Crippen LogP contribution in [-0.2, 0) is 11.2 Å². The van der Waals surface area contributed by atoms with E-state index < -0.39 is 0 Å². The van der Waals surface area contributed by atoms with E-state index >= 15 is 0 Å². The summed E-state index contributed by atoms with van der Waals surface area (Å²) in [6.45, 7) is 0.768. The average molecular weight is 381 g/mol. The fourth-order valence-corrected chi connectivity index (χ4v) is 4.06. The molecule has 2 aromatic heterocycles. The lowest BCUT2D eigenvalue weighted by molar-refractivity contribution is -0.131. The molecule has 0 spiro atoms. The number of carbonyl (C=O) groups excluding carboxylic acids is 2. The van der Waals surface area contributed by atoms with Gasteiger partial charge in [-0.2, -0.15) is 0 Å². The van der Waals surface area contributed by atoms with Crippen LogP contribution in [0.4, 0.5) is 5.13 Å². The third-order valence-corrected chi connectivity index (χ3v) is 5.41. The van der Waals surface area contributed by atoms with Gasteiger partial charge in [-0.25, -0.2) is 4.98 Å². The second kappa shape index (κ2) is 7.75. The molecule has 1 N–H and O–H groups in total. The molecule has 7 heteroatoms. The highest BCUT2D eigenvalue weighted by molar-refractivity contribution is 7.14. The Hall–Kier alpha value is -2.93. The fourth-order valence-electron chi connectivity index (χ4n) is 3.36. The highest BCUT2D eigenvalue weighted by atomic mass is 32.1. The molecule has 1 aliphatic heterocycles. The summed E-state index contributed by atoms with van der Waals surface area (Å²) in [7, 11) is 0. The quantitative estimate of drug-likeness (QED) is 0.727. The maximum Gasteiger partial charge on any atom is 0.293 e. The van der Waals surface area contributed by atoms with Gasteiger partial charge >= 0.3 is 0 Å². The summed E-state index contributed by atoms with van der Waals surface area (Å²) in [5.41, 5.74) is 1.84. The van der Waals surface area contributed by atoms with E-state index in [9.17, 15) is 9.59 Å². The van der Waals surface area contributed by atoms with Gasteiger partial charge in [0.05, 0.1) is 24.4 Å². The normalized spacial score (nSPS) is 16.4. The molecule has 0 saturated carbocycles. The Balaban J connectivity index is 1.40. The molecule has 1 aliphatic rings. The van der Waals surface area contributed by atoms with E-state index in [1.165, 1.54) is 23.2 Å². The number of amides is 2. The first-order valence-corrected chi connectivity index (χ1v) is 9.72. The van der Waals surface area contributed by atoms with Gasteiger partial charge in [-0.3, -0.25) is 14.9 Å². The standard InChI is InChI=1S/C20H19N3O3S/c24-18(23-10-4-8-16(23)14-6-2-1-3-7-14)12-15-13-27-20(21-15)22-19(25)17-9-5-11-26-17/h1-3,5-7,9,11,13,16H,4,8,10,12H2,(H,21,22,25). The third-order valence-electron chi connectivity index (χ3n) is 4.61. The molecule has 6 nitrogen and oxygen atoms in total. The van der Waals surface area contributed by atoms with Crippen LogP contribution in [0.2, 0.25) is 0 Å². The minimum atomic E-state index is -0.351. The minimum Gasteiger partial charge on any atom is -0.459 e. The Labute approximate surface area is 160 Å². The summed E-state index contributed by atoms with van der Waals surface area (Å²) < 4.78 is 5.06. The molecule has 0 radical (unpaired) electrons. The number of aromatic nitrogens is 1. The van der Waals surface area contributed by atoms with Crippen molar-refractivity contribution in [2.24, 2.45) is 0 Å². The van der Waals surface area contributed by atoms with E-state index in [-0.39, 0.29) is 30.0 Å². The Morgan fingerprint density at radius 1 is 1.22 bits per heavy atom. The zero-order valence-corrected chi connectivity index (χ0v) is 15.4. The molecule has 1 aromatic carbocycles. The lowest BCUT2D eigenvalue weighted by atomic mass is 10.0. The zero-order valence-electron chi connectivity index (χ0n) is 14.6. The van der Waals surface area contributed by atoms with Crippen molar-refractivity contribution in [2.75, 3.05) is 11.9 Å². The predicted molar refractivity (Wildman–Crippen MR) is 103 cm³/mol. The second-order valence-corrected chi connectivity index (χ2v) is 7.27. The van der Waals surface area contributed by atoms with Crippen LogP contribution in [0.15, 0.2) is 58.5 Å². The highest BCUT2D eigenvalue weighted by Crippen LogP contribution is 2.32. The van der Waals surface area contributed by atoms with Gasteiger partial charge in [-0.15, -0.1) is 11.3 Å². The van der Waals surface area contributed by atoms with Crippen LogP contribution >= 0.6 is 11.3 Å². The summed E-state index contributed by atoms with van der Waals surface area (Å²) in [5.74, 6) is -0.0583. The molecule has 2 amide bonds. The molecular weight excluding hydrogens is 362 g/mol. The first-order chi connectivity index (χ1) is 13.2. The topological polar surface area (TPSA) is 75.4 Å². The highest BCUT2D eigenvalue weighted by Gasteiger charge is 2.30. The second-order valence-electron chi connectivity index (χ2n) is 6.41. The van der Waals surface area contributed by atoms with Crippen molar-refractivity contribution in [1.82, 2.24) is 9.88 Å². The Morgan fingerprint density at radius 3 is 2.85 bits per heavy atom. The number of nitrogens with zero attached hydrogens (tertiary/aromatic N) is 2. The van der Waals surface area contributed by atoms with Crippen molar-refractivity contribution in [1.29, 1.82) is 0 Å². The van der Waals surface area contributed by atoms with Crippen molar-refractivity contribution >= 4 is 28.3 Å². The summed E-state index contributed by atoms with van der Waals surface area (Å²) in [4.78, 5) is 31.1. The van der Waals surface area contributed by atoms with Crippen molar-refractivity contribution < 1.29 is 14.0 Å². The number of likely N-dealkylation sites (tertiary alicyclic amines) is 1. The van der Waals surface area contributed by atoms with Crippen LogP contribution < -0.4 is 5.32 Å². The maximum atomic E-state index is 12.8. The maximum absolute atomic E-state index is 12.8. The van der Waals surface area contributed by atoms with Gasteiger partial charge in [0.1, 0.15) is 0 Å². The van der Waals surface area contributed by atoms with E-state index in [0.717, 1.165) is 19.4 Å². The molecule has 3 heterocycles. The number of carbonyl (C=O) groups is 2. The Bertz CT molecular complexity index is 921. The SMILES string of the molecule is O=C(Nc1nc(CC(=O)N2CCCC2c2ccccc2)cs1)c1ccco1. The molecule has 0 aliphatic carbocycles. The molecule has 0 bridgehead atoms. The van der Waals surface area contributed by atoms with Crippen molar-refractivity contribution in [3.8, 4) is 0 Å². The van der Waals surface area contributed by atoms with Gasteiger partial charge in [0.15, 0.2) is 10.9 Å². The molecule has 1 saturated heterocycles. The molecular formula is C20H19N3O3S. The largest absolute Gasteiger partial charge is 0.459 e. The van der Waals surface area contributed by atoms with Crippen LogP contribution in [0.1, 0.15) is 40.7 Å². The molecule has 1 fully saturated rings. The van der Waals surface area contributed by atoms with Crippen molar-refractivity contribution in [3.05, 3.63) is 71.1 Å². The van der Waals surface area contributed by atoms with Crippen LogP contribution in [0.3, 0.4) is 0 Å². The number of benzene rings is 1. The van der Waals surface area contributed by atoms with Crippen LogP contribution in [0.5, 0.6) is 0 Å². The number of nitrogens with one attached hydrogen (secondary N) is 1. The number of furan rings is 1. The lowest BCUT2D eigenvalue weighted by Crippen LogP contribution is -2.31. The Morgan fingerprint density at radius 2 is 2.07 bits per heavy atom. The van der Waals surface area contributed by atoms with Gasteiger partial charge in [-0.05, 0) is 30.5 Å². The molecule has 1 unspecified atom stereocenters. The number of anilines is 1. The van der Waals surface area contributed by atoms with Crippen molar-refractivity contribution in [2.45, 2.75) is 25.3 Å². The van der Waals surface area contributed by atoms with Gasteiger partial charge in [0.2, 0.25) is 5.91 Å². The summed E-state index contributed by atoms with van der Waals surface area (Å²) in [6.07, 6.45) is 3.67. The average Bonchev–Trinajstić information content (AvgIpc) is 3.44. The monoisotopic (exact) mass is 381 g/mol. The third kappa shape index (κ3) is 3.93. The minimum absolute atomic E-state index is 0.0653. The van der Waals surface area contributed by atoms with E-state index in [4.69, 9.17) is 4.42 Å². The fraction of sp³-hybridized carbons (Fsp3) is 0.250. The van der Waals surface area contributed by atoms with E-state index in [2.05, 4.69) is 22.4 Å². The summed E-state index contributed by atoms with van der Waals surface area (Å²) in [6, 6.07) is 13.5. The lowest BCUT2D eigenvalue weighted by Gasteiger charge is -2.25. The molecule has 3 aromatic rings. The number of hydrogen-bond acceptors (Lipinski definition) is 5. The van der Waals surface area contributed by atoms with Crippen LogP contribution in [-0.4, -0.2) is 28.2 Å².